The van der Waals surface area contributed by atoms with Crippen molar-refractivity contribution in [2.45, 2.75) is 58.2 Å². The van der Waals surface area contributed by atoms with Crippen molar-refractivity contribution < 1.29 is 27.9 Å². The average molecular weight is 543 g/mol. The Morgan fingerprint density at radius 2 is 1.92 bits per heavy atom. The van der Waals surface area contributed by atoms with Crippen LogP contribution in [0.15, 0.2) is 18.2 Å². The number of carboxylic acids is 1. The highest BCUT2D eigenvalue weighted by atomic mass is 32.1. The van der Waals surface area contributed by atoms with Crippen LogP contribution >= 0.6 is 11.5 Å². The molecule has 1 aromatic carbocycles. The van der Waals surface area contributed by atoms with Crippen LogP contribution in [-0.4, -0.2) is 64.1 Å². The van der Waals surface area contributed by atoms with E-state index in [1.807, 2.05) is 12.1 Å². The second-order valence-corrected chi connectivity index (χ2v) is 10.4. The SMILES string of the molecule is CNC(=O)N1CCC(N(CC(C)C)c2ccc([C@H](C)CC(=O)O)cc2Nc2nc(C(F)(F)F)ns2)CC1. The van der Waals surface area contributed by atoms with Gasteiger partial charge in [0.2, 0.25) is 11.0 Å². The Morgan fingerprint density at radius 3 is 2.46 bits per heavy atom. The van der Waals surface area contributed by atoms with Crippen molar-refractivity contribution in [1.82, 2.24) is 19.6 Å². The number of hydrogen-bond acceptors (Lipinski definition) is 7. The summed E-state index contributed by atoms with van der Waals surface area (Å²) in [5.74, 6) is -2.16. The van der Waals surface area contributed by atoms with Crippen molar-refractivity contribution in [2.75, 3.05) is 36.9 Å². The number of nitrogens with one attached hydrogen (secondary N) is 2. The molecule has 0 aliphatic carbocycles. The molecule has 1 aliphatic heterocycles. The molecular weight excluding hydrogens is 509 g/mol. The number of nitrogens with zero attached hydrogens (tertiary/aromatic N) is 4. The Bertz CT molecular complexity index is 1090. The largest absolute Gasteiger partial charge is 0.481 e. The summed E-state index contributed by atoms with van der Waals surface area (Å²) < 4.78 is 42.7. The zero-order valence-electron chi connectivity index (χ0n) is 21.3. The molecule has 0 saturated carbocycles. The first-order valence-electron chi connectivity index (χ1n) is 12.2. The van der Waals surface area contributed by atoms with Gasteiger partial charge in [0.25, 0.3) is 0 Å². The van der Waals surface area contributed by atoms with Gasteiger partial charge in [0.15, 0.2) is 0 Å². The normalized spacial score (nSPS) is 15.5. The number of halogens is 3. The quantitative estimate of drug-likeness (QED) is 0.402. The average Bonchev–Trinajstić information content (AvgIpc) is 3.31. The van der Waals surface area contributed by atoms with E-state index in [9.17, 15) is 27.9 Å². The van der Waals surface area contributed by atoms with Gasteiger partial charge < -0.3 is 25.5 Å². The van der Waals surface area contributed by atoms with E-state index in [1.54, 1.807) is 24.9 Å². The molecule has 37 heavy (non-hydrogen) atoms. The number of rotatable bonds is 9. The summed E-state index contributed by atoms with van der Waals surface area (Å²) in [6, 6.07) is 5.51. The van der Waals surface area contributed by atoms with Crippen molar-refractivity contribution >= 4 is 40.0 Å². The van der Waals surface area contributed by atoms with Crippen molar-refractivity contribution in [3.05, 3.63) is 29.6 Å². The lowest BCUT2D eigenvalue weighted by atomic mass is 9.95. The van der Waals surface area contributed by atoms with Crippen LogP contribution in [0.25, 0.3) is 0 Å². The molecule has 1 aliphatic rings. The predicted molar refractivity (Wildman–Crippen MR) is 137 cm³/mol. The summed E-state index contributed by atoms with van der Waals surface area (Å²) in [7, 11) is 1.60. The van der Waals surface area contributed by atoms with Gasteiger partial charge >= 0.3 is 18.2 Å². The van der Waals surface area contributed by atoms with Gasteiger partial charge in [-0.1, -0.05) is 26.8 Å². The molecule has 13 heteroatoms. The molecular formula is C24H33F3N6O3S. The second kappa shape index (κ2) is 12.0. The van der Waals surface area contributed by atoms with Gasteiger partial charge in [-0.05, 0) is 42.4 Å². The Kier molecular flexibility index (Phi) is 9.21. The first-order chi connectivity index (χ1) is 17.4. The van der Waals surface area contributed by atoms with Crippen LogP contribution in [0.1, 0.15) is 57.3 Å². The minimum absolute atomic E-state index is 0.00412. The van der Waals surface area contributed by atoms with Crippen molar-refractivity contribution in [3.63, 3.8) is 0 Å². The standard InChI is InChI=1S/C24H33F3N6O3S/c1-14(2)13-33(17-7-9-32(10-8-17)23(36)28-4)19-6-5-16(15(3)11-20(34)35)12-18(19)29-22-30-21(31-37-22)24(25,26)27/h5-6,12,14-15,17H,7-11,13H2,1-4H3,(H,28,36)(H,34,35)(H,29,30,31)/t15-/m1/s1. The van der Waals surface area contributed by atoms with Crippen LogP contribution < -0.4 is 15.5 Å². The maximum Gasteiger partial charge on any atom is 0.452 e. The molecule has 1 fully saturated rings. The van der Waals surface area contributed by atoms with Crippen molar-refractivity contribution in [1.29, 1.82) is 0 Å². The first-order valence-corrected chi connectivity index (χ1v) is 12.9. The Morgan fingerprint density at radius 1 is 1.24 bits per heavy atom. The molecule has 1 aromatic heterocycles. The number of aliphatic carboxylic acids is 1. The van der Waals surface area contributed by atoms with Gasteiger partial charge in [-0.25, -0.2) is 4.79 Å². The number of carbonyl (C=O) groups is 2. The van der Waals surface area contributed by atoms with Gasteiger partial charge in [0, 0.05) is 44.3 Å². The van der Waals surface area contributed by atoms with E-state index in [4.69, 9.17) is 0 Å². The number of anilines is 3. The number of aromatic nitrogens is 2. The Balaban J connectivity index is 1.98. The number of likely N-dealkylation sites (tertiary alicyclic amines) is 1. The lowest BCUT2D eigenvalue weighted by molar-refractivity contribution is -0.144. The number of alkyl halides is 3. The van der Waals surface area contributed by atoms with Gasteiger partial charge in [-0.3, -0.25) is 4.79 Å². The number of urea groups is 1. The summed E-state index contributed by atoms with van der Waals surface area (Å²) >= 11 is 0.616. The van der Waals surface area contributed by atoms with Crippen LogP contribution in [0.3, 0.4) is 0 Å². The number of amides is 2. The minimum Gasteiger partial charge on any atom is -0.481 e. The van der Waals surface area contributed by atoms with E-state index < -0.39 is 18.0 Å². The van der Waals surface area contributed by atoms with Gasteiger partial charge in [-0.2, -0.15) is 22.5 Å². The molecule has 0 unspecified atom stereocenters. The summed E-state index contributed by atoms with van der Waals surface area (Å²) in [4.78, 5) is 30.9. The molecule has 1 saturated heterocycles. The van der Waals surface area contributed by atoms with Crippen LogP contribution in [-0.2, 0) is 11.0 Å². The number of carbonyl (C=O) groups excluding carboxylic acids is 1. The molecule has 2 aromatic rings. The van der Waals surface area contributed by atoms with Gasteiger partial charge in [-0.15, -0.1) is 0 Å². The number of piperidine rings is 1. The molecule has 1 atom stereocenters. The molecule has 2 amide bonds. The number of hydrogen-bond donors (Lipinski definition) is 3. The third-order valence-corrected chi connectivity index (χ3v) is 6.90. The molecule has 2 heterocycles. The molecule has 3 rings (SSSR count). The molecule has 3 N–H and O–H groups in total. The van der Waals surface area contributed by atoms with Crippen LogP contribution in [0, 0.1) is 5.92 Å². The Labute approximate surface area is 218 Å². The maximum absolute atomic E-state index is 13.1. The molecule has 204 valence electrons. The highest BCUT2D eigenvalue weighted by Gasteiger charge is 2.36. The number of carboxylic acid groups (broad SMARTS) is 1. The van der Waals surface area contributed by atoms with E-state index in [1.165, 1.54) is 0 Å². The molecule has 0 spiro atoms. The smallest absolute Gasteiger partial charge is 0.452 e. The van der Waals surface area contributed by atoms with E-state index in [0.717, 1.165) is 24.1 Å². The third kappa shape index (κ3) is 7.46. The zero-order chi connectivity index (χ0) is 27.3. The fourth-order valence-electron chi connectivity index (χ4n) is 4.47. The first kappa shape index (κ1) is 28.5. The predicted octanol–water partition coefficient (Wildman–Crippen LogP) is 5.14. The van der Waals surface area contributed by atoms with Crippen LogP contribution in [0.4, 0.5) is 34.5 Å². The lowest BCUT2D eigenvalue weighted by Gasteiger charge is -2.41. The van der Waals surface area contributed by atoms with E-state index in [-0.39, 0.29) is 35.5 Å². The molecule has 9 nitrogen and oxygen atoms in total. The van der Waals surface area contributed by atoms with Gasteiger partial charge in [0.05, 0.1) is 17.8 Å². The summed E-state index contributed by atoms with van der Waals surface area (Å²) in [5.41, 5.74) is 2.06. The maximum atomic E-state index is 13.1. The summed E-state index contributed by atoms with van der Waals surface area (Å²) in [5, 5.41) is 14.9. The monoisotopic (exact) mass is 542 g/mol. The highest BCUT2D eigenvalue weighted by molar-refractivity contribution is 7.09. The van der Waals surface area contributed by atoms with Crippen LogP contribution in [0.2, 0.25) is 0 Å². The summed E-state index contributed by atoms with van der Waals surface area (Å²) in [6.45, 7) is 7.82. The summed E-state index contributed by atoms with van der Waals surface area (Å²) in [6.07, 6.45) is -3.27. The Hall–Kier alpha value is -3.09. The highest BCUT2D eigenvalue weighted by Crippen LogP contribution is 2.37. The topological polar surface area (TPSA) is 111 Å². The fraction of sp³-hybridized carbons (Fsp3) is 0.583. The molecule has 0 bridgehead atoms. The molecule has 0 radical (unpaired) electrons. The van der Waals surface area contributed by atoms with Crippen molar-refractivity contribution in [3.8, 4) is 0 Å². The van der Waals surface area contributed by atoms with E-state index >= 15 is 0 Å². The van der Waals surface area contributed by atoms with Crippen molar-refractivity contribution in [2.24, 2.45) is 5.92 Å². The van der Waals surface area contributed by atoms with E-state index in [0.29, 0.717) is 36.9 Å². The third-order valence-electron chi connectivity index (χ3n) is 6.27. The number of benzene rings is 1. The van der Waals surface area contributed by atoms with E-state index in [2.05, 4.69) is 38.7 Å². The minimum atomic E-state index is -4.65. The van der Waals surface area contributed by atoms with Crippen LogP contribution in [0.5, 0.6) is 0 Å². The zero-order valence-corrected chi connectivity index (χ0v) is 22.1. The lowest BCUT2D eigenvalue weighted by Crippen LogP contribution is -2.50. The van der Waals surface area contributed by atoms with Gasteiger partial charge in [0.1, 0.15) is 0 Å². The fourth-order valence-corrected chi connectivity index (χ4v) is 5.07. The second-order valence-electron chi connectivity index (χ2n) is 9.64.